The molecule has 42 heteroatoms. The van der Waals surface area contributed by atoms with Gasteiger partial charge < -0.3 is 0 Å². The Bertz CT molecular complexity index is 1500. The molecule has 0 fully saturated rings. The fourth-order valence-electron chi connectivity index (χ4n) is 3.51. The summed E-state index contributed by atoms with van der Waals surface area (Å²) in [6.07, 6.45) is -17.1. The van der Waals surface area contributed by atoms with Gasteiger partial charge in [-0.15, -0.1) is 0 Å². The highest BCUT2D eigenvalue weighted by atomic mass is 19.5. The number of hydrogen-bond acceptors (Lipinski definition) is 0. The Labute approximate surface area is 305 Å². The van der Waals surface area contributed by atoms with Crippen LogP contribution in [0, 0.1) is 0 Å². The third-order valence-electron chi connectivity index (χ3n) is 7.42. The highest BCUT2D eigenvalue weighted by molar-refractivity contribution is 5.23. The lowest BCUT2D eigenvalue weighted by Crippen LogP contribution is -2.80. The van der Waals surface area contributed by atoms with Crippen LogP contribution in [0.3, 0.4) is 0 Å². The Morgan fingerprint density at radius 3 is 0.177 bits per heavy atom. The third-order valence-corrected chi connectivity index (χ3v) is 7.42. The first kappa shape index (κ1) is 59.1. The molecule has 0 aliphatic carbocycles. The molecule has 0 aromatic rings. The minimum Gasteiger partial charge on any atom is -0.192 e. The Balaban J connectivity index is 7.98. The molecular weight excluding hydrogens is 1040 g/mol. The first-order valence-corrected chi connectivity index (χ1v) is 12.7. The Morgan fingerprint density at radius 1 is 0.0806 bits per heavy atom. The summed E-state index contributed by atoms with van der Waals surface area (Å²) in [5.74, 6) is -183. The van der Waals surface area contributed by atoms with E-state index in [1.807, 2.05) is 0 Å². The van der Waals surface area contributed by atoms with E-state index in [0.717, 1.165) is 0 Å². The lowest BCUT2D eigenvalue weighted by Gasteiger charge is -2.47. The molecular formula is C20F42. The molecule has 0 aliphatic rings. The first-order chi connectivity index (χ1) is 25.8. The molecule has 0 spiro atoms. The normalized spacial score (nSPS) is 17.5. The van der Waals surface area contributed by atoms with Gasteiger partial charge in [0.1, 0.15) is 0 Å². The van der Waals surface area contributed by atoms with Crippen molar-refractivity contribution in [2.24, 2.45) is 0 Å². The zero-order valence-corrected chi connectivity index (χ0v) is 25.9. The van der Waals surface area contributed by atoms with E-state index < -0.39 is 119 Å². The third kappa shape index (κ3) is 6.35. The summed E-state index contributed by atoms with van der Waals surface area (Å²) in [7, 11) is 0. The molecule has 0 aliphatic heterocycles. The SMILES string of the molecule is FC(F)(F)C(F)(F)C(F)(F)C(F)(F)C(F)(F)C(F)(F)C(F)(F)C(F)(F)C(F)(F)C(F)(F)C(F)(F)C(F)(F)C(F)(F)C(F)(F)C(F)(F)C(F)(F)C(F)(F)C(F)(F)C(F)(F)C(F)(F)F. The maximum Gasteiger partial charge on any atom is 0.460 e. The zero-order chi connectivity index (χ0) is 52.0. The Hall–Kier alpha value is -2.94. The molecule has 0 saturated carbocycles. The summed E-state index contributed by atoms with van der Waals surface area (Å²) in [5, 5.41) is 0. The predicted molar refractivity (Wildman–Crippen MR) is 101 cm³/mol. The van der Waals surface area contributed by atoms with Gasteiger partial charge in [-0.2, -0.15) is 184 Å². The number of alkyl halides is 42. The smallest absolute Gasteiger partial charge is 0.192 e. The van der Waals surface area contributed by atoms with Gasteiger partial charge in [-0.3, -0.25) is 0 Å². The predicted octanol–water partition coefficient (Wildman–Crippen LogP) is 13.5. The molecule has 62 heavy (non-hydrogen) atoms. The first-order valence-electron chi connectivity index (χ1n) is 12.7. The molecule has 0 radical (unpaired) electrons. The minimum atomic E-state index is -10.6. The highest BCUT2D eigenvalue weighted by Gasteiger charge is 3.03. The average Bonchev–Trinajstić information content (AvgIpc) is 3.01. The molecule has 0 aromatic heterocycles. The largest absolute Gasteiger partial charge is 0.460 e. The Morgan fingerprint density at radius 2 is 0.129 bits per heavy atom. The van der Waals surface area contributed by atoms with Gasteiger partial charge >= 0.3 is 119 Å². The van der Waals surface area contributed by atoms with Crippen molar-refractivity contribution in [3.63, 3.8) is 0 Å². The van der Waals surface area contributed by atoms with Gasteiger partial charge in [-0.1, -0.05) is 0 Å². The summed E-state index contributed by atoms with van der Waals surface area (Å²) in [6, 6.07) is 0. The highest BCUT2D eigenvalue weighted by Crippen LogP contribution is 2.71. The number of rotatable bonds is 17. The molecule has 0 heterocycles. The monoisotopic (exact) mass is 1040 g/mol. The van der Waals surface area contributed by atoms with Crippen molar-refractivity contribution < 1.29 is 184 Å². The van der Waals surface area contributed by atoms with E-state index in [1.54, 1.807) is 0 Å². The van der Waals surface area contributed by atoms with Crippen LogP contribution in [0.1, 0.15) is 0 Å². The molecule has 0 rings (SSSR count). The van der Waals surface area contributed by atoms with Crippen LogP contribution in [0.5, 0.6) is 0 Å². The molecule has 0 nitrogen and oxygen atoms in total. The topological polar surface area (TPSA) is 0 Å². The van der Waals surface area contributed by atoms with E-state index in [-0.39, 0.29) is 0 Å². The second-order valence-corrected chi connectivity index (χ2v) is 11.3. The molecule has 0 saturated heterocycles. The van der Waals surface area contributed by atoms with Crippen LogP contribution in [0.25, 0.3) is 0 Å². The van der Waals surface area contributed by atoms with E-state index in [2.05, 4.69) is 0 Å². The van der Waals surface area contributed by atoms with Gasteiger partial charge in [0.05, 0.1) is 0 Å². The average molecular weight is 1040 g/mol. The van der Waals surface area contributed by atoms with Crippen LogP contribution in [0.15, 0.2) is 0 Å². The minimum absolute atomic E-state index is 8.53. The van der Waals surface area contributed by atoms with Crippen molar-refractivity contribution in [1.82, 2.24) is 0 Å². The van der Waals surface area contributed by atoms with E-state index >= 15 is 0 Å². The maximum absolute atomic E-state index is 13.9. The lowest BCUT2D eigenvalue weighted by atomic mass is 9.82. The van der Waals surface area contributed by atoms with Crippen LogP contribution in [0.2, 0.25) is 0 Å². The lowest BCUT2D eigenvalue weighted by molar-refractivity contribution is -0.496. The van der Waals surface area contributed by atoms with Crippen LogP contribution < -0.4 is 0 Å². The van der Waals surface area contributed by atoms with Crippen LogP contribution in [-0.2, 0) is 0 Å². The molecule has 0 atom stereocenters. The van der Waals surface area contributed by atoms with Gasteiger partial charge in [0, 0.05) is 0 Å². The molecule has 0 bridgehead atoms. The van der Waals surface area contributed by atoms with Crippen molar-refractivity contribution in [2.45, 2.75) is 119 Å². The number of halogens is 42. The second-order valence-electron chi connectivity index (χ2n) is 11.3. The molecule has 0 aromatic carbocycles. The van der Waals surface area contributed by atoms with Gasteiger partial charge in [-0.05, 0) is 0 Å². The second kappa shape index (κ2) is 13.8. The standard InChI is InChI=1S/C20F42/c21-1(22,3(25,26)5(29,30)7(33,34)9(37,38)11(41,42)13(45,46)15(49,50)17(53,54)19(57,58)59)2(23,24)4(27,28)6(31,32)8(35,36)10(39,40)12(43,44)14(47,48)16(51,52)18(55,56)20(60,61)62. The van der Waals surface area contributed by atoms with E-state index in [9.17, 15) is 184 Å². The summed E-state index contributed by atoms with van der Waals surface area (Å²) in [5.41, 5.74) is 0. The van der Waals surface area contributed by atoms with Gasteiger partial charge in [0.25, 0.3) is 0 Å². The summed E-state index contributed by atoms with van der Waals surface area (Å²) >= 11 is 0. The van der Waals surface area contributed by atoms with Crippen molar-refractivity contribution in [3.8, 4) is 0 Å². The van der Waals surface area contributed by atoms with Gasteiger partial charge in [-0.25, -0.2) is 0 Å². The molecule has 0 N–H and O–H groups in total. The van der Waals surface area contributed by atoms with Crippen LogP contribution >= 0.6 is 0 Å². The fraction of sp³-hybridized carbons (Fsp3) is 1.00. The van der Waals surface area contributed by atoms with Gasteiger partial charge in [0.2, 0.25) is 0 Å². The van der Waals surface area contributed by atoms with Crippen molar-refractivity contribution in [3.05, 3.63) is 0 Å². The van der Waals surface area contributed by atoms with Crippen LogP contribution in [0.4, 0.5) is 184 Å². The van der Waals surface area contributed by atoms with E-state index in [0.29, 0.717) is 0 Å². The molecule has 0 amide bonds. The number of hydrogen-bond donors (Lipinski definition) is 0. The summed E-state index contributed by atoms with van der Waals surface area (Å²) in [6.45, 7) is 0. The quantitative estimate of drug-likeness (QED) is 0.127. The van der Waals surface area contributed by atoms with Crippen molar-refractivity contribution in [2.75, 3.05) is 0 Å². The summed E-state index contributed by atoms with van der Waals surface area (Å²) < 4.78 is 561. The zero-order valence-electron chi connectivity index (χ0n) is 25.9. The summed E-state index contributed by atoms with van der Waals surface area (Å²) in [4.78, 5) is 0. The molecule has 0 unspecified atom stereocenters. The maximum atomic E-state index is 13.9. The van der Waals surface area contributed by atoms with Gasteiger partial charge in [0.15, 0.2) is 0 Å². The Kier molecular flexibility index (Phi) is 13.1. The van der Waals surface area contributed by atoms with E-state index in [4.69, 9.17) is 0 Å². The van der Waals surface area contributed by atoms with Crippen molar-refractivity contribution >= 4 is 0 Å². The van der Waals surface area contributed by atoms with Crippen molar-refractivity contribution in [1.29, 1.82) is 0 Å². The van der Waals surface area contributed by atoms with Crippen LogP contribution in [-0.4, -0.2) is 119 Å². The molecule has 374 valence electrons. The van der Waals surface area contributed by atoms with E-state index in [1.165, 1.54) is 0 Å². The fourth-order valence-corrected chi connectivity index (χ4v) is 3.51.